The molecule has 0 bridgehead atoms. The van der Waals surface area contributed by atoms with E-state index in [2.05, 4.69) is 19.9 Å². The van der Waals surface area contributed by atoms with Crippen molar-refractivity contribution < 1.29 is 4.74 Å². The zero-order chi connectivity index (χ0) is 12.7. The van der Waals surface area contributed by atoms with Gasteiger partial charge in [-0.05, 0) is 42.5 Å². The molecule has 0 radical (unpaired) electrons. The molecule has 0 spiro atoms. The van der Waals surface area contributed by atoms with Crippen molar-refractivity contribution in [3.63, 3.8) is 0 Å². The van der Waals surface area contributed by atoms with Crippen LogP contribution in [0.15, 0.2) is 24.3 Å². The normalized spacial score (nSPS) is 13.0. The Morgan fingerprint density at radius 3 is 2.71 bits per heavy atom. The zero-order valence-corrected chi connectivity index (χ0v) is 11.4. The van der Waals surface area contributed by atoms with E-state index in [-0.39, 0.29) is 0 Å². The molecule has 0 saturated carbocycles. The van der Waals surface area contributed by atoms with Gasteiger partial charge in [-0.1, -0.05) is 37.6 Å². The third-order valence-corrected chi connectivity index (χ3v) is 2.90. The van der Waals surface area contributed by atoms with E-state index in [0.29, 0.717) is 18.4 Å². The molecule has 0 saturated heterocycles. The number of hydrogen-bond donors (Lipinski definition) is 1. The van der Waals surface area contributed by atoms with Crippen LogP contribution in [0.4, 0.5) is 0 Å². The summed E-state index contributed by atoms with van der Waals surface area (Å²) in [5, 5.41) is 0.768. The average Bonchev–Trinajstić information content (AvgIpc) is 2.29. The van der Waals surface area contributed by atoms with Gasteiger partial charge >= 0.3 is 0 Å². The number of benzene rings is 1. The van der Waals surface area contributed by atoms with Gasteiger partial charge < -0.3 is 10.5 Å². The lowest BCUT2D eigenvalue weighted by Gasteiger charge is -2.16. The van der Waals surface area contributed by atoms with E-state index in [1.54, 1.807) is 0 Å². The Hall–Kier alpha value is -0.570. The smallest absolute Gasteiger partial charge is 0.0488 e. The molecule has 1 rings (SSSR count). The fraction of sp³-hybridized carbons (Fsp3) is 0.571. The lowest BCUT2D eigenvalue weighted by molar-refractivity contribution is 0.104. The van der Waals surface area contributed by atoms with Gasteiger partial charge in [-0.25, -0.2) is 0 Å². The van der Waals surface area contributed by atoms with Crippen LogP contribution in [0.3, 0.4) is 0 Å². The first-order valence-corrected chi connectivity index (χ1v) is 6.54. The highest BCUT2D eigenvalue weighted by Gasteiger charge is 2.10. The number of ether oxygens (including phenoxy) is 1. The molecule has 0 heterocycles. The van der Waals surface area contributed by atoms with Gasteiger partial charge in [0.15, 0.2) is 0 Å². The van der Waals surface area contributed by atoms with Crippen LogP contribution in [0.5, 0.6) is 0 Å². The molecule has 96 valence electrons. The molecule has 0 aliphatic carbocycles. The SMILES string of the molecule is CC(C)COCCC(CN)c1cccc(Cl)c1. The largest absolute Gasteiger partial charge is 0.381 e. The van der Waals surface area contributed by atoms with Crippen molar-refractivity contribution in [2.24, 2.45) is 11.7 Å². The summed E-state index contributed by atoms with van der Waals surface area (Å²) < 4.78 is 5.59. The highest BCUT2D eigenvalue weighted by atomic mass is 35.5. The minimum absolute atomic E-state index is 0.334. The summed E-state index contributed by atoms with van der Waals surface area (Å²) >= 11 is 5.98. The second-order valence-electron chi connectivity index (χ2n) is 4.75. The van der Waals surface area contributed by atoms with Crippen LogP contribution in [-0.2, 0) is 4.74 Å². The molecule has 0 amide bonds. The van der Waals surface area contributed by atoms with Crippen LogP contribution in [-0.4, -0.2) is 19.8 Å². The third kappa shape index (κ3) is 5.53. The summed E-state index contributed by atoms with van der Waals surface area (Å²) in [5.74, 6) is 0.915. The molecule has 0 aliphatic rings. The first-order chi connectivity index (χ1) is 8.13. The van der Waals surface area contributed by atoms with Gasteiger partial charge in [0.25, 0.3) is 0 Å². The van der Waals surface area contributed by atoms with Crippen molar-refractivity contribution in [3.05, 3.63) is 34.9 Å². The van der Waals surface area contributed by atoms with Crippen molar-refractivity contribution in [1.29, 1.82) is 0 Å². The van der Waals surface area contributed by atoms with Gasteiger partial charge in [0.1, 0.15) is 0 Å². The summed E-state index contributed by atoms with van der Waals surface area (Å²) in [7, 11) is 0. The van der Waals surface area contributed by atoms with E-state index in [9.17, 15) is 0 Å². The Balaban J connectivity index is 2.43. The van der Waals surface area contributed by atoms with Gasteiger partial charge in [-0.2, -0.15) is 0 Å². The van der Waals surface area contributed by atoms with E-state index in [1.165, 1.54) is 5.56 Å². The second kappa shape index (κ2) is 7.70. The van der Waals surface area contributed by atoms with Crippen LogP contribution < -0.4 is 5.73 Å². The molecular formula is C14H22ClNO. The van der Waals surface area contributed by atoms with Crippen molar-refractivity contribution in [3.8, 4) is 0 Å². The van der Waals surface area contributed by atoms with Crippen molar-refractivity contribution in [2.45, 2.75) is 26.2 Å². The fourth-order valence-corrected chi connectivity index (χ4v) is 1.92. The molecule has 2 N–H and O–H groups in total. The van der Waals surface area contributed by atoms with Crippen LogP contribution in [0, 0.1) is 5.92 Å². The van der Waals surface area contributed by atoms with Crippen LogP contribution in [0.2, 0.25) is 5.02 Å². The molecule has 1 atom stereocenters. The molecule has 1 aromatic rings. The standard InChI is InChI=1S/C14H22ClNO/c1-11(2)10-17-7-6-13(9-16)12-4-3-5-14(15)8-12/h3-5,8,11,13H,6-7,9-10,16H2,1-2H3. The topological polar surface area (TPSA) is 35.2 Å². The maximum atomic E-state index is 5.98. The molecular weight excluding hydrogens is 234 g/mol. The number of hydrogen-bond acceptors (Lipinski definition) is 2. The van der Waals surface area contributed by atoms with E-state index in [1.807, 2.05) is 18.2 Å². The monoisotopic (exact) mass is 255 g/mol. The van der Waals surface area contributed by atoms with E-state index in [4.69, 9.17) is 22.1 Å². The predicted octanol–water partition coefficient (Wildman–Crippen LogP) is 3.45. The Labute approximate surface area is 109 Å². The molecule has 1 aromatic carbocycles. The average molecular weight is 256 g/mol. The maximum Gasteiger partial charge on any atom is 0.0488 e. The van der Waals surface area contributed by atoms with Gasteiger partial charge in [0.05, 0.1) is 0 Å². The minimum atomic E-state index is 0.334. The second-order valence-corrected chi connectivity index (χ2v) is 5.18. The summed E-state index contributed by atoms with van der Waals surface area (Å²) in [4.78, 5) is 0. The lowest BCUT2D eigenvalue weighted by atomic mass is 9.96. The molecule has 17 heavy (non-hydrogen) atoms. The first-order valence-electron chi connectivity index (χ1n) is 6.16. The summed E-state index contributed by atoms with van der Waals surface area (Å²) in [6.45, 7) is 6.50. The van der Waals surface area contributed by atoms with Crippen molar-refractivity contribution >= 4 is 11.6 Å². The lowest BCUT2D eigenvalue weighted by Crippen LogP contribution is -2.15. The Morgan fingerprint density at radius 2 is 2.12 bits per heavy atom. The molecule has 3 heteroatoms. The first kappa shape index (κ1) is 14.5. The third-order valence-electron chi connectivity index (χ3n) is 2.67. The van der Waals surface area contributed by atoms with Crippen molar-refractivity contribution in [2.75, 3.05) is 19.8 Å². The van der Waals surface area contributed by atoms with Crippen molar-refractivity contribution in [1.82, 2.24) is 0 Å². The van der Waals surface area contributed by atoms with Crippen LogP contribution >= 0.6 is 11.6 Å². The number of nitrogens with two attached hydrogens (primary N) is 1. The van der Waals surface area contributed by atoms with Gasteiger partial charge in [0, 0.05) is 18.2 Å². The van der Waals surface area contributed by atoms with E-state index >= 15 is 0 Å². The molecule has 2 nitrogen and oxygen atoms in total. The maximum absolute atomic E-state index is 5.98. The Kier molecular flexibility index (Phi) is 6.56. The number of halogens is 1. The van der Waals surface area contributed by atoms with Gasteiger partial charge in [-0.15, -0.1) is 0 Å². The quantitative estimate of drug-likeness (QED) is 0.758. The number of rotatable bonds is 7. The highest BCUT2D eigenvalue weighted by Crippen LogP contribution is 2.21. The zero-order valence-electron chi connectivity index (χ0n) is 10.7. The molecule has 0 aromatic heterocycles. The molecule has 0 fully saturated rings. The van der Waals surface area contributed by atoms with Gasteiger partial charge in [0.2, 0.25) is 0 Å². The molecule has 1 unspecified atom stereocenters. The summed E-state index contributed by atoms with van der Waals surface area (Å²) in [5.41, 5.74) is 7.00. The van der Waals surface area contributed by atoms with E-state index in [0.717, 1.165) is 24.7 Å². The van der Waals surface area contributed by atoms with Crippen LogP contribution in [0.25, 0.3) is 0 Å². The van der Waals surface area contributed by atoms with Crippen LogP contribution in [0.1, 0.15) is 31.7 Å². The van der Waals surface area contributed by atoms with Gasteiger partial charge in [-0.3, -0.25) is 0 Å². The predicted molar refractivity (Wildman–Crippen MR) is 73.5 cm³/mol. The van der Waals surface area contributed by atoms with E-state index < -0.39 is 0 Å². The minimum Gasteiger partial charge on any atom is -0.381 e. The Bertz CT molecular complexity index is 328. The Morgan fingerprint density at radius 1 is 1.35 bits per heavy atom. The highest BCUT2D eigenvalue weighted by molar-refractivity contribution is 6.30. The molecule has 0 aliphatic heterocycles. The summed E-state index contributed by atoms with van der Waals surface area (Å²) in [6, 6.07) is 7.91. The fourth-order valence-electron chi connectivity index (χ4n) is 1.73. The summed E-state index contributed by atoms with van der Waals surface area (Å²) in [6.07, 6.45) is 0.948.